The predicted octanol–water partition coefficient (Wildman–Crippen LogP) is -1.14. The molecule has 0 aliphatic heterocycles. The summed E-state index contributed by atoms with van der Waals surface area (Å²) in [5, 5.41) is 0. The van der Waals surface area contributed by atoms with Crippen LogP contribution < -0.4 is 0 Å². The summed E-state index contributed by atoms with van der Waals surface area (Å²) < 4.78 is 0. The van der Waals surface area contributed by atoms with Gasteiger partial charge in [-0.1, -0.05) is 0 Å². The van der Waals surface area contributed by atoms with Gasteiger partial charge in [0.25, 0.3) is 0 Å². The summed E-state index contributed by atoms with van der Waals surface area (Å²) in [5.41, 5.74) is 0. The molecule has 13 radical (unpaired) electrons. The largest absolute Gasteiger partial charge is 3.00 e. The van der Waals surface area contributed by atoms with E-state index in [1.165, 1.54) is 0 Å². The summed E-state index contributed by atoms with van der Waals surface area (Å²) in [5.74, 6) is 0. The van der Waals surface area contributed by atoms with Gasteiger partial charge in [-0.05, 0) is 0 Å². The van der Waals surface area contributed by atoms with Gasteiger partial charge in [-0.3, -0.25) is 0 Å². The zero-order valence-corrected chi connectivity index (χ0v) is 3.79. The van der Waals surface area contributed by atoms with Crippen LogP contribution in [0.2, 0.25) is 0 Å². The van der Waals surface area contributed by atoms with Crippen molar-refractivity contribution in [2.75, 3.05) is 0 Å². The van der Waals surface area contributed by atoms with Gasteiger partial charge >= 0.3 is 21.7 Å². The Morgan fingerprint density at radius 1 is 0.500 bits per heavy atom. The number of hydrogen-bond donors (Lipinski definition) is 0. The number of rotatable bonds is 0. The quantitative estimate of drug-likeness (QED) is 0.323. The fourth-order valence-electron chi connectivity index (χ4n) is 0. The van der Waals surface area contributed by atoms with Crippen molar-refractivity contribution < 1.29 is 21.7 Å². The van der Waals surface area contributed by atoms with Crippen LogP contribution in [0.25, 0.3) is 0 Å². The van der Waals surface area contributed by atoms with E-state index in [1.54, 1.807) is 0 Å². The smallest absolute Gasteiger partial charge is 1.00 e. The average Bonchev–Trinajstić information content (AvgIpc) is 0. The molecule has 0 aliphatic rings. The van der Waals surface area contributed by atoms with Crippen LogP contribution in [0.3, 0.4) is 0 Å². The van der Waals surface area contributed by atoms with Gasteiger partial charge in [0.2, 0.25) is 0 Å². The van der Waals surface area contributed by atoms with Crippen LogP contribution in [0, 0.1) is 0 Å². The minimum atomic E-state index is 0. The Morgan fingerprint density at radius 2 is 0.500 bits per heavy atom. The van der Waals surface area contributed by atoms with E-state index in [-0.39, 0.29) is 47.0 Å². The van der Waals surface area contributed by atoms with Crippen LogP contribution in [-0.2, 0) is 21.7 Å². The van der Waals surface area contributed by atoms with E-state index >= 15 is 0 Å². The maximum atomic E-state index is 0. The van der Waals surface area contributed by atoms with Crippen molar-refractivity contribution in [3.8, 4) is 0 Å². The van der Waals surface area contributed by atoms with Crippen LogP contribution >= 0.6 is 0 Å². The van der Waals surface area contributed by atoms with E-state index < -0.39 is 0 Å². The first-order valence-electron chi connectivity index (χ1n) is 0. The van der Waals surface area contributed by atoms with E-state index in [9.17, 15) is 0 Å². The van der Waals surface area contributed by atoms with Crippen LogP contribution in [0.1, 0.15) is 0 Å². The Balaban J connectivity index is 0. The Bertz CT molecular complexity index is 3.25. The van der Waals surface area contributed by atoms with Gasteiger partial charge in [0.1, 0.15) is 0 Å². The normalized spacial score (nSPS) is 0. The summed E-state index contributed by atoms with van der Waals surface area (Å²) in [6.07, 6.45) is 0. The number of hydrogen-bond acceptors (Lipinski definition) is 0. The van der Waals surface area contributed by atoms with Gasteiger partial charge in [-0.25, -0.2) is 0 Å². The van der Waals surface area contributed by atoms with Gasteiger partial charge in [0.05, 0.1) is 0 Å². The molecule has 0 unspecified atom stereocenters. The fraction of sp³-hybridized carbons (Fsp3) is 0. The third-order valence-corrected chi connectivity index (χ3v) is 0. The Morgan fingerprint density at radius 3 is 0.500 bits per heavy atom. The van der Waals surface area contributed by atoms with Crippen molar-refractivity contribution in [1.82, 2.24) is 0 Å². The molecule has 0 aromatic heterocycles. The van der Waals surface area contributed by atoms with Gasteiger partial charge < -0.3 is 25.2 Å². The molecule has 13 valence electrons. The summed E-state index contributed by atoms with van der Waals surface area (Å²) in [6.45, 7) is 0. The van der Waals surface area contributed by atoms with Crippen LogP contribution in [-0.4, -0.2) is 25.2 Å². The van der Waals surface area contributed by atoms with Gasteiger partial charge in [0.15, 0.2) is 0 Å². The molecule has 0 atom stereocenters. The third-order valence-electron chi connectivity index (χ3n) is 0. The first-order valence-corrected chi connectivity index (χ1v) is 0. The van der Waals surface area contributed by atoms with Crippen molar-refractivity contribution in [2.45, 2.75) is 0 Å². The van der Waals surface area contributed by atoms with Gasteiger partial charge in [0, 0.05) is 0 Å². The molecule has 0 aromatic rings. The third kappa shape index (κ3) is 12.8. The Hall–Kier alpha value is 0.909. The molecule has 0 fully saturated rings. The molecular formula is B3Ti. The summed E-state index contributed by atoms with van der Waals surface area (Å²) >= 11 is 0. The molecular weight excluding hydrogens is 80.3 g/mol. The Kier molecular flexibility index (Phi) is 908. The topological polar surface area (TPSA) is 0 Å². The molecule has 0 N–H and O–H groups in total. The summed E-state index contributed by atoms with van der Waals surface area (Å²) in [4.78, 5) is 0. The van der Waals surface area contributed by atoms with E-state index in [4.69, 9.17) is 0 Å². The maximum Gasteiger partial charge on any atom is 3.00 e. The monoisotopic (exact) mass is 81.0 g/mol. The van der Waals surface area contributed by atoms with E-state index in [0.717, 1.165) is 0 Å². The Labute approximate surface area is 47.3 Å². The second-order valence-corrected chi connectivity index (χ2v) is 0. The molecule has 4 heavy (non-hydrogen) atoms. The first-order chi connectivity index (χ1) is 0. The molecule has 0 aliphatic carbocycles. The van der Waals surface area contributed by atoms with Crippen molar-refractivity contribution in [2.24, 2.45) is 0 Å². The van der Waals surface area contributed by atoms with Crippen LogP contribution in [0.15, 0.2) is 0 Å². The van der Waals surface area contributed by atoms with Crippen molar-refractivity contribution in [3.05, 3.63) is 0 Å². The first kappa shape index (κ1) is 90.8. The molecule has 0 amide bonds. The second-order valence-electron chi connectivity index (χ2n) is 0. The molecule has 0 saturated carbocycles. The minimum Gasteiger partial charge on any atom is -1.00 e. The van der Waals surface area contributed by atoms with E-state index in [1.807, 2.05) is 0 Å². The standard InChI is InChI=1S/3B.Ti/q3*-1;+3. The van der Waals surface area contributed by atoms with Crippen molar-refractivity contribution >= 4 is 25.2 Å². The predicted molar refractivity (Wildman–Crippen MR) is 17.3 cm³/mol. The SMILES string of the molecule is [B-].[B-].[B-].[Ti+3]. The van der Waals surface area contributed by atoms with Gasteiger partial charge in [-0.15, -0.1) is 0 Å². The minimum absolute atomic E-state index is 0. The molecule has 0 rings (SSSR count). The van der Waals surface area contributed by atoms with Crippen LogP contribution in [0.5, 0.6) is 0 Å². The zero-order valence-electron chi connectivity index (χ0n) is 2.23. The average molecular weight is 80.3 g/mol. The molecule has 0 nitrogen and oxygen atoms in total. The van der Waals surface area contributed by atoms with Crippen molar-refractivity contribution in [3.63, 3.8) is 0 Å². The maximum absolute atomic E-state index is 0. The zero-order chi connectivity index (χ0) is 0. The molecule has 0 heterocycles. The molecule has 0 bridgehead atoms. The van der Waals surface area contributed by atoms with Crippen LogP contribution in [0.4, 0.5) is 0 Å². The van der Waals surface area contributed by atoms with Gasteiger partial charge in [-0.2, -0.15) is 0 Å². The molecule has 4 heteroatoms. The molecule has 0 aromatic carbocycles. The molecule has 0 spiro atoms. The summed E-state index contributed by atoms with van der Waals surface area (Å²) in [6, 6.07) is 0. The second kappa shape index (κ2) is 40.0. The molecule has 0 saturated heterocycles. The van der Waals surface area contributed by atoms with E-state index in [0.29, 0.717) is 0 Å². The van der Waals surface area contributed by atoms with Crippen molar-refractivity contribution in [1.29, 1.82) is 0 Å². The van der Waals surface area contributed by atoms with E-state index in [2.05, 4.69) is 0 Å². The summed E-state index contributed by atoms with van der Waals surface area (Å²) in [7, 11) is 0. The fourth-order valence-corrected chi connectivity index (χ4v) is 0.